The van der Waals surface area contributed by atoms with Gasteiger partial charge in [-0.3, -0.25) is 0 Å². The van der Waals surface area contributed by atoms with E-state index < -0.39 is 0 Å². The van der Waals surface area contributed by atoms with Crippen LogP contribution in [0.1, 0.15) is 5.76 Å². The van der Waals surface area contributed by atoms with E-state index in [1.807, 2.05) is 20.2 Å². The SMILES string of the molecule is CNCc1occc1-c1cnnn1C. The van der Waals surface area contributed by atoms with Crippen LogP contribution in [0.2, 0.25) is 0 Å². The number of aryl methyl sites for hydroxylation is 1. The Kier molecular flexibility index (Phi) is 2.32. The van der Waals surface area contributed by atoms with Crippen molar-refractivity contribution >= 4 is 0 Å². The van der Waals surface area contributed by atoms with Crippen molar-refractivity contribution in [3.8, 4) is 11.3 Å². The third kappa shape index (κ3) is 1.42. The van der Waals surface area contributed by atoms with E-state index >= 15 is 0 Å². The lowest BCUT2D eigenvalue weighted by Crippen LogP contribution is -2.05. The van der Waals surface area contributed by atoms with Gasteiger partial charge in [0.05, 0.1) is 24.7 Å². The van der Waals surface area contributed by atoms with Crippen LogP contribution in [0.25, 0.3) is 11.3 Å². The van der Waals surface area contributed by atoms with Crippen molar-refractivity contribution in [1.29, 1.82) is 0 Å². The topological polar surface area (TPSA) is 55.9 Å². The van der Waals surface area contributed by atoms with Gasteiger partial charge in [-0.2, -0.15) is 0 Å². The Hall–Kier alpha value is -1.62. The maximum absolute atomic E-state index is 5.35. The van der Waals surface area contributed by atoms with Crippen molar-refractivity contribution in [2.75, 3.05) is 7.05 Å². The summed E-state index contributed by atoms with van der Waals surface area (Å²) in [5.74, 6) is 0.901. The molecule has 5 nitrogen and oxygen atoms in total. The Morgan fingerprint density at radius 1 is 1.57 bits per heavy atom. The Balaban J connectivity index is 2.41. The van der Waals surface area contributed by atoms with Crippen LogP contribution in [0.3, 0.4) is 0 Å². The molecule has 0 aliphatic carbocycles. The quantitative estimate of drug-likeness (QED) is 0.781. The molecule has 1 N–H and O–H groups in total. The average Bonchev–Trinajstić information content (AvgIpc) is 2.74. The highest BCUT2D eigenvalue weighted by Gasteiger charge is 2.11. The molecule has 74 valence electrons. The zero-order chi connectivity index (χ0) is 9.97. The molecule has 0 aliphatic rings. The van der Waals surface area contributed by atoms with E-state index in [0.717, 1.165) is 17.0 Å². The second-order valence-electron chi connectivity index (χ2n) is 3.03. The summed E-state index contributed by atoms with van der Waals surface area (Å²) in [5.41, 5.74) is 2.00. The van der Waals surface area contributed by atoms with Gasteiger partial charge in [0.1, 0.15) is 5.76 Å². The van der Waals surface area contributed by atoms with Crippen LogP contribution in [0, 0.1) is 0 Å². The molecule has 0 unspecified atom stereocenters. The molecule has 0 aliphatic heterocycles. The second-order valence-corrected chi connectivity index (χ2v) is 3.03. The summed E-state index contributed by atoms with van der Waals surface area (Å²) in [4.78, 5) is 0. The van der Waals surface area contributed by atoms with Crippen LogP contribution in [-0.4, -0.2) is 22.0 Å². The molecule has 0 saturated heterocycles. The smallest absolute Gasteiger partial charge is 0.126 e. The van der Waals surface area contributed by atoms with E-state index in [0.29, 0.717) is 6.54 Å². The first-order valence-corrected chi connectivity index (χ1v) is 4.39. The van der Waals surface area contributed by atoms with Crippen LogP contribution in [0.15, 0.2) is 22.9 Å². The van der Waals surface area contributed by atoms with E-state index in [4.69, 9.17) is 4.42 Å². The Morgan fingerprint density at radius 2 is 2.43 bits per heavy atom. The summed E-state index contributed by atoms with van der Waals surface area (Å²) in [5, 5.41) is 10.8. The maximum Gasteiger partial charge on any atom is 0.126 e. The van der Waals surface area contributed by atoms with Crippen LogP contribution in [0.5, 0.6) is 0 Å². The Labute approximate surface area is 81.7 Å². The molecule has 0 aromatic carbocycles. The van der Waals surface area contributed by atoms with Crippen molar-refractivity contribution in [3.05, 3.63) is 24.3 Å². The van der Waals surface area contributed by atoms with Gasteiger partial charge < -0.3 is 9.73 Å². The lowest BCUT2D eigenvalue weighted by molar-refractivity contribution is 0.496. The number of nitrogens with zero attached hydrogens (tertiary/aromatic N) is 3. The van der Waals surface area contributed by atoms with Crippen molar-refractivity contribution in [1.82, 2.24) is 20.3 Å². The predicted molar refractivity (Wildman–Crippen MR) is 51.5 cm³/mol. The predicted octanol–water partition coefficient (Wildman–Crippen LogP) is 0.794. The van der Waals surface area contributed by atoms with Gasteiger partial charge >= 0.3 is 0 Å². The lowest BCUT2D eigenvalue weighted by Gasteiger charge is -2.00. The average molecular weight is 192 g/mol. The summed E-state index contributed by atoms with van der Waals surface area (Å²) in [6.07, 6.45) is 3.40. The van der Waals surface area contributed by atoms with Crippen molar-refractivity contribution in [2.24, 2.45) is 7.05 Å². The highest BCUT2D eigenvalue weighted by atomic mass is 16.3. The first-order valence-electron chi connectivity index (χ1n) is 4.39. The molecule has 2 heterocycles. The van der Waals surface area contributed by atoms with Crippen LogP contribution >= 0.6 is 0 Å². The van der Waals surface area contributed by atoms with Crippen LogP contribution in [0.4, 0.5) is 0 Å². The zero-order valence-electron chi connectivity index (χ0n) is 8.19. The molecule has 0 atom stereocenters. The van der Waals surface area contributed by atoms with Gasteiger partial charge in [-0.1, -0.05) is 5.21 Å². The normalized spacial score (nSPS) is 10.7. The van der Waals surface area contributed by atoms with Gasteiger partial charge in [-0.05, 0) is 13.1 Å². The molecule has 2 aromatic heterocycles. The summed E-state index contributed by atoms with van der Waals surface area (Å²) in [6.45, 7) is 0.702. The Morgan fingerprint density at radius 3 is 3.07 bits per heavy atom. The van der Waals surface area contributed by atoms with E-state index in [9.17, 15) is 0 Å². The molecule has 0 amide bonds. The minimum atomic E-state index is 0.702. The van der Waals surface area contributed by atoms with E-state index in [2.05, 4.69) is 15.6 Å². The number of nitrogens with one attached hydrogen (secondary N) is 1. The summed E-state index contributed by atoms with van der Waals surface area (Å²) >= 11 is 0. The van der Waals surface area contributed by atoms with Gasteiger partial charge in [0, 0.05) is 12.6 Å². The third-order valence-electron chi connectivity index (χ3n) is 2.07. The van der Waals surface area contributed by atoms with Crippen molar-refractivity contribution < 1.29 is 4.42 Å². The van der Waals surface area contributed by atoms with E-state index in [1.165, 1.54) is 0 Å². The van der Waals surface area contributed by atoms with E-state index in [-0.39, 0.29) is 0 Å². The molecule has 0 fully saturated rings. The van der Waals surface area contributed by atoms with Crippen molar-refractivity contribution in [3.63, 3.8) is 0 Å². The van der Waals surface area contributed by atoms with Gasteiger partial charge in [-0.25, -0.2) is 4.68 Å². The fourth-order valence-electron chi connectivity index (χ4n) is 1.40. The molecule has 0 bridgehead atoms. The minimum Gasteiger partial charge on any atom is -0.467 e. The second kappa shape index (κ2) is 3.63. The number of hydrogen-bond acceptors (Lipinski definition) is 4. The largest absolute Gasteiger partial charge is 0.467 e. The zero-order valence-corrected chi connectivity index (χ0v) is 8.19. The summed E-state index contributed by atoms with van der Waals surface area (Å²) < 4.78 is 7.08. The standard InChI is InChI=1S/C9H12N4O/c1-10-6-9-7(3-4-14-9)8-5-11-12-13(8)2/h3-5,10H,6H2,1-2H3. The molecule has 0 radical (unpaired) electrons. The number of hydrogen-bond donors (Lipinski definition) is 1. The lowest BCUT2D eigenvalue weighted by atomic mass is 10.2. The third-order valence-corrected chi connectivity index (χ3v) is 2.07. The Bertz CT molecular complexity index is 418. The molecule has 0 spiro atoms. The molecule has 2 aromatic rings. The summed E-state index contributed by atoms with van der Waals surface area (Å²) in [7, 11) is 3.74. The molecule has 14 heavy (non-hydrogen) atoms. The van der Waals surface area contributed by atoms with Crippen LogP contribution in [-0.2, 0) is 13.6 Å². The number of rotatable bonds is 3. The highest BCUT2D eigenvalue weighted by Crippen LogP contribution is 2.22. The number of furan rings is 1. The number of aromatic nitrogens is 3. The molecular formula is C9H12N4O. The fraction of sp³-hybridized carbons (Fsp3) is 0.333. The molecular weight excluding hydrogens is 180 g/mol. The van der Waals surface area contributed by atoms with Gasteiger partial charge in [0.25, 0.3) is 0 Å². The fourth-order valence-corrected chi connectivity index (χ4v) is 1.40. The van der Waals surface area contributed by atoms with Gasteiger partial charge in [0.15, 0.2) is 0 Å². The first-order chi connectivity index (χ1) is 6.83. The minimum absolute atomic E-state index is 0.702. The van der Waals surface area contributed by atoms with Crippen LogP contribution < -0.4 is 5.32 Å². The summed E-state index contributed by atoms with van der Waals surface area (Å²) in [6, 6.07) is 1.92. The van der Waals surface area contributed by atoms with Crippen molar-refractivity contribution in [2.45, 2.75) is 6.54 Å². The molecule has 5 heteroatoms. The monoisotopic (exact) mass is 192 g/mol. The van der Waals surface area contributed by atoms with Gasteiger partial charge in [-0.15, -0.1) is 5.10 Å². The molecule has 0 saturated carbocycles. The molecule has 2 rings (SSSR count). The van der Waals surface area contributed by atoms with E-state index in [1.54, 1.807) is 17.1 Å². The maximum atomic E-state index is 5.35. The van der Waals surface area contributed by atoms with Gasteiger partial charge in [0.2, 0.25) is 0 Å². The highest BCUT2D eigenvalue weighted by molar-refractivity contribution is 5.60. The first kappa shape index (κ1) is 8.96.